The molecular weight excluding hydrogens is 395 g/mol. The fourth-order valence-electron chi connectivity index (χ4n) is 2.34. The summed E-state index contributed by atoms with van der Waals surface area (Å²) in [5.74, 6) is -0.967. The van der Waals surface area contributed by atoms with Gasteiger partial charge in [-0.2, -0.15) is 0 Å². The fourth-order valence-corrected chi connectivity index (χ4v) is 2.57. The second kappa shape index (κ2) is 15.6. The van der Waals surface area contributed by atoms with Crippen molar-refractivity contribution in [3.05, 3.63) is 17.5 Å². The Hall–Kier alpha value is -0.324. The van der Waals surface area contributed by atoms with Crippen molar-refractivity contribution in [3.63, 3.8) is 0 Å². The molecule has 1 unspecified atom stereocenters. The molecule has 0 aromatic carbocycles. The first-order valence-electron chi connectivity index (χ1n) is 8.94. The van der Waals surface area contributed by atoms with E-state index in [0.717, 1.165) is 38.5 Å². The Bertz CT molecular complexity index is 542. The zero-order valence-corrected chi connectivity index (χ0v) is 20.2. The van der Waals surface area contributed by atoms with E-state index in [9.17, 15) is 14.4 Å². The zero-order chi connectivity index (χ0) is 19.4. The Morgan fingerprint density at radius 2 is 1.67 bits per heavy atom. The summed E-state index contributed by atoms with van der Waals surface area (Å²) in [6.07, 6.45) is 6.26. The van der Waals surface area contributed by atoms with Crippen LogP contribution in [0.25, 0.3) is 5.32 Å². The predicted molar refractivity (Wildman–Crippen MR) is 102 cm³/mol. The normalized spacial score (nSPS) is 15.4. The Morgan fingerprint density at radius 1 is 1.11 bits per heavy atom. The number of carbonyl (C=O) groups excluding carboxylic acids is 3. The van der Waals surface area contributed by atoms with Crippen molar-refractivity contribution in [1.29, 1.82) is 0 Å². The Kier molecular flexibility index (Phi) is 15.4. The summed E-state index contributed by atoms with van der Waals surface area (Å²) in [5.41, 5.74) is 0.420. The van der Waals surface area contributed by atoms with Gasteiger partial charge in [-0.05, 0) is 26.2 Å². The summed E-state index contributed by atoms with van der Waals surface area (Å²) < 4.78 is 10.2. The van der Waals surface area contributed by atoms with E-state index in [4.69, 9.17) is 21.7 Å². The first-order chi connectivity index (χ1) is 12.4. The average molecular weight is 423 g/mol. The summed E-state index contributed by atoms with van der Waals surface area (Å²) in [6, 6.07) is -0.496. The predicted octanol–water partition coefficient (Wildman–Crippen LogP) is -0.0693. The van der Waals surface area contributed by atoms with E-state index < -0.39 is 6.04 Å². The van der Waals surface area contributed by atoms with Crippen LogP contribution in [0.1, 0.15) is 58.3 Å². The van der Waals surface area contributed by atoms with Crippen LogP contribution in [-0.4, -0.2) is 42.2 Å². The van der Waals surface area contributed by atoms with Crippen molar-refractivity contribution in [2.45, 2.75) is 64.3 Å². The van der Waals surface area contributed by atoms with Crippen LogP contribution in [0.5, 0.6) is 0 Å². The van der Waals surface area contributed by atoms with Crippen LogP contribution in [-0.2, 0) is 23.9 Å². The molecule has 0 bridgehead atoms. The molecule has 146 valence electrons. The number of esters is 2. The van der Waals surface area contributed by atoms with Gasteiger partial charge in [-0.3, -0.25) is 9.59 Å². The molecule has 7 nitrogen and oxygen atoms in total. The van der Waals surface area contributed by atoms with E-state index >= 15 is 0 Å². The number of ether oxygens (including phenoxy) is 2. The zero-order valence-electron chi connectivity index (χ0n) is 16.3. The first-order valence-corrected chi connectivity index (χ1v) is 9.35. The van der Waals surface area contributed by atoms with E-state index in [-0.39, 0.29) is 80.8 Å². The number of unbranched alkanes of at least 4 members (excludes halogenated alkanes) is 5. The van der Waals surface area contributed by atoms with Crippen molar-refractivity contribution in [2.24, 2.45) is 0 Å². The number of carbonyl (C=O) groups is 3. The number of thiocarbonyl (C=S) groups is 1. The molecule has 0 spiro atoms. The third kappa shape index (κ3) is 12.7. The van der Waals surface area contributed by atoms with Crippen molar-refractivity contribution < 1.29 is 75.2 Å². The fraction of sp³-hybridized carbons (Fsp3) is 0.667. The monoisotopic (exact) mass is 422 g/mol. The van der Waals surface area contributed by atoms with E-state index in [1.54, 1.807) is 6.92 Å². The van der Waals surface area contributed by atoms with Crippen LogP contribution in [0.2, 0.25) is 0 Å². The molecule has 1 amide bonds. The van der Waals surface area contributed by atoms with Crippen molar-refractivity contribution in [2.75, 3.05) is 13.2 Å². The van der Waals surface area contributed by atoms with E-state index in [2.05, 4.69) is 17.2 Å². The molecule has 0 radical (unpaired) electrons. The van der Waals surface area contributed by atoms with Gasteiger partial charge in [-0.1, -0.05) is 44.5 Å². The average Bonchev–Trinajstić information content (AvgIpc) is 2.91. The number of nitrogens with one attached hydrogen (secondary N) is 1. The van der Waals surface area contributed by atoms with Crippen LogP contribution in [0, 0.1) is 0 Å². The maximum absolute atomic E-state index is 11.6. The van der Waals surface area contributed by atoms with Crippen LogP contribution < -0.4 is 56.7 Å². The molecule has 0 aliphatic carbocycles. The summed E-state index contributed by atoms with van der Waals surface area (Å²) in [4.78, 5) is 34.2. The minimum atomic E-state index is -0.496. The summed E-state index contributed by atoms with van der Waals surface area (Å²) >= 11 is 4.78. The molecule has 1 rings (SSSR count). The smallest absolute Gasteiger partial charge is 0.466 e. The van der Waals surface area contributed by atoms with Gasteiger partial charge in [0, 0.05) is 23.1 Å². The van der Waals surface area contributed by atoms with Gasteiger partial charge < -0.3 is 20.1 Å². The standard InChI is InChI=1S/C18H28N2O5S.K/c1-13(2)17(23)25-12-8-6-4-3-5-7-11-24-15(21)10-9-14-16(22)20-18(26)19-14;/h14H,1,3-12H2,2H3,(H2,19,20,22,26);/q;+1/p-1. The minimum absolute atomic E-state index is 0. The Labute approximate surface area is 208 Å². The van der Waals surface area contributed by atoms with Gasteiger partial charge in [-0.15, -0.1) is 0 Å². The van der Waals surface area contributed by atoms with Gasteiger partial charge in [0.15, 0.2) is 0 Å². The molecule has 0 saturated carbocycles. The molecular formula is C18H27KN2O5S. The number of rotatable bonds is 13. The maximum atomic E-state index is 11.6. The first kappa shape index (κ1) is 26.7. The minimum Gasteiger partial charge on any atom is -0.466 e. The van der Waals surface area contributed by atoms with Crippen LogP contribution in [0.3, 0.4) is 0 Å². The maximum Gasteiger partial charge on any atom is 1.00 e. The third-order valence-electron chi connectivity index (χ3n) is 3.83. The van der Waals surface area contributed by atoms with Crippen LogP contribution in [0.4, 0.5) is 0 Å². The van der Waals surface area contributed by atoms with Gasteiger partial charge in [-0.25, -0.2) is 4.79 Å². The molecule has 1 fully saturated rings. The van der Waals surface area contributed by atoms with Crippen molar-refractivity contribution in [1.82, 2.24) is 5.32 Å². The molecule has 1 atom stereocenters. The van der Waals surface area contributed by atoms with Gasteiger partial charge in [0.1, 0.15) is 5.91 Å². The molecule has 1 heterocycles. The van der Waals surface area contributed by atoms with Gasteiger partial charge >= 0.3 is 63.3 Å². The second-order valence-corrected chi connectivity index (χ2v) is 6.64. The molecule has 1 N–H and O–H groups in total. The summed E-state index contributed by atoms with van der Waals surface area (Å²) in [5, 5.41) is 6.52. The van der Waals surface area contributed by atoms with Crippen LogP contribution in [0.15, 0.2) is 12.2 Å². The molecule has 9 heteroatoms. The van der Waals surface area contributed by atoms with Gasteiger partial charge in [0.2, 0.25) is 0 Å². The second-order valence-electron chi connectivity index (χ2n) is 6.25. The number of hydrogen-bond donors (Lipinski definition) is 1. The van der Waals surface area contributed by atoms with Crippen molar-refractivity contribution in [3.8, 4) is 0 Å². The quantitative estimate of drug-likeness (QED) is 0.146. The molecule has 27 heavy (non-hydrogen) atoms. The largest absolute Gasteiger partial charge is 1.00 e. The summed E-state index contributed by atoms with van der Waals surface area (Å²) in [7, 11) is 0. The molecule has 1 saturated heterocycles. The third-order valence-corrected chi connectivity index (χ3v) is 4.04. The Balaban J connectivity index is 0.00000676. The number of hydrogen-bond acceptors (Lipinski definition) is 6. The van der Waals surface area contributed by atoms with Crippen LogP contribution >= 0.6 is 12.2 Å². The molecule has 1 aliphatic heterocycles. The molecule has 1 aliphatic rings. The van der Waals surface area contributed by atoms with Gasteiger partial charge in [0.25, 0.3) is 0 Å². The molecule has 0 aromatic heterocycles. The summed E-state index contributed by atoms with van der Waals surface area (Å²) in [6.45, 7) is 5.98. The number of nitrogens with zero attached hydrogens (tertiary/aromatic N) is 1. The Morgan fingerprint density at radius 3 is 2.19 bits per heavy atom. The molecule has 0 aromatic rings. The SMILES string of the molecule is C=C(C)C(=O)OCCCCCCCCOC(=O)CCC1NC(=S)[N-]C1=O.[K+]. The van der Waals surface area contributed by atoms with Gasteiger partial charge in [0.05, 0.1) is 13.2 Å². The van der Waals surface area contributed by atoms with Crippen molar-refractivity contribution >= 4 is 35.2 Å². The number of amides is 1. The van der Waals surface area contributed by atoms with E-state index in [0.29, 0.717) is 25.2 Å². The topological polar surface area (TPSA) is 95.8 Å². The van der Waals surface area contributed by atoms with E-state index in [1.165, 1.54) is 0 Å². The van der Waals surface area contributed by atoms with E-state index in [1.807, 2.05) is 0 Å².